The van der Waals surface area contributed by atoms with E-state index < -0.39 is 0 Å². The molecule has 3 rings (SSSR count). The molecule has 0 atom stereocenters. The molecule has 0 bridgehead atoms. The molecule has 2 aromatic heterocycles. The number of benzene rings is 1. The summed E-state index contributed by atoms with van der Waals surface area (Å²) in [4.78, 5) is 6.17. The van der Waals surface area contributed by atoms with E-state index in [-0.39, 0.29) is 0 Å². The minimum Gasteiger partial charge on any atom is -0.380 e. The van der Waals surface area contributed by atoms with Crippen molar-refractivity contribution < 1.29 is 0 Å². The van der Waals surface area contributed by atoms with Gasteiger partial charge in [-0.3, -0.25) is 0 Å². The van der Waals surface area contributed by atoms with Crippen LogP contribution in [-0.2, 0) is 6.54 Å². The van der Waals surface area contributed by atoms with Gasteiger partial charge in [-0.15, -0.1) is 22.7 Å². The van der Waals surface area contributed by atoms with Crippen molar-refractivity contribution in [2.75, 3.05) is 5.32 Å². The van der Waals surface area contributed by atoms with Crippen molar-refractivity contribution in [3.8, 4) is 6.07 Å². The highest BCUT2D eigenvalue weighted by molar-refractivity contribution is 7.16. The Morgan fingerprint density at radius 3 is 3.06 bits per heavy atom. The van der Waals surface area contributed by atoms with Gasteiger partial charge >= 0.3 is 0 Å². The zero-order chi connectivity index (χ0) is 12.4. The molecule has 0 aliphatic rings. The lowest BCUT2D eigenvalue weighted by Crippen LogP contribution is -1.96. The third-order valence-corrected chi connectivity index (χ3v) is 4.35. The van der Waals surface area contributed by atoms with Crippen LogP contribution in [0.2, 0.25) is 0 Å². The summed E-state index contributed by atoms with van der Waals surface area (Å²) in [5.41, 5.74) is 3.97. The summed E-state index contributed by atoms with van der Waals surface area (Å²) in [5.74, 6) is 0. The van der Waals surface area contributed by atoms with Crippen molar-refractivity contribution in [1.82, 2.24) is 4.98 Å². The van der Waals surface area contributed by atoms with E-state index in [9.17, 15) is 0 Å². The fourth-order valence-electron chi connectivity index (χ4n) is 1.69. The van der Waals surface area contributed by atoms with Gasteiger partial charge in [0.15, 0.2) is 0 Å². The van der Waals surface area contributed by atoms with Gasteiger partial charge in [-0.25, -0.2) is 4.98 Å². The number of hydrogen-bond donors (Lipinski definition) is 1. The molecule has 0 radical (unpaired) electrons. The maximum absolute atomic E-state index is 8.77. The van der Waals surface area contributed by atoms with Crippen LogP contribution in [0, 0.1) is 11.3 Å². The number of nitrogens with zero attached hydrogens (tertiary/aromatic N) is 2. The van der Waals surface area contributed by atoms with Gasteiger partial charge < -0.3 is 5.32 Å². The number of nitriles is 1. The molecular formula is C13H9N3S2. The van der Waals surface area contributed by atoms with E-state index in [4.69, 9.17) is 5.26 Å². The Kier molecular flexibility index (Phi) is 2.97. The van der Waals surface area contributed by atoms with E-state index in [1.54, 1.807) is 11.3 Å². The van der Waals surface area contributed by atoms with Crippen LogP contribution in [0.5, 0.6) is 0 Å². The van der Waals surface area contributed by atoms with Crippen LogP contribution in [0.1, 0.15) is 9.75 Å². The van der Waals surface area contributed by atoms with Crippen LogP contribution < -0.4 is 5.32 Å². The van der Waals surface area contributed by atoms with E-state index in [1.165, 1.54) is 16.0 Å². The first-order valence-electron chi connectivity index (χ1n) is 5.41. The highest BCUT2D eigenvalue weighted by atomic mass is 32.1. The van der Waals surface area contributed by atoms with Gasteiger partial charge in [0.05, 0.1) is 15.7 Å². The molecule has 18 heavy (non-hydrogen) atoms. The molecule has 0 aliphatic heterocycles. The van der Waals surface area contributed by atoms with Crippen molar-refractivity contribution in [2.45, 2.75) is 6.54 Å². The van der Waals surface area contributed by atoms with Crippen LogP contribution in [-0.4, -0.2) is 4.98 Å². The molecule has 0 unspecified atom stereocenters. The second-order valence-electron chi connectivity index (χ2n) is 3.77. The fraction of sp³-hybridized carbons (Fsp3) is 0.0769. The maximum Gasteiger partial charge on any atom is 0.110 e. The summed E-state index contributed by atoms with van der Waals surface area (Å²) in [6, 6.07) is 12.1. The van der Waals surface area contributed by atoms with Gasteiger partial charge in [0.2, 0.25) is 0 Å². The normalized spacial score (nSPS) is 10.4. The molecule has 0 aliphatic carbocycles. The lowest BCUT2D eigenvalue weighted by Gasteiger charge is -2.04. The van der Waals surface area contributed by atoms with Crippen LogP contribution in [0.4, 0.5) is 5.69 Å². The Bertz CT molecular complexity index is 721. The standard InChI is InChI=1S/C13H9N3S2/c14-6-10-2-3-11(18-10)7-15-9-1-4-12-13(5-9)17-8-16-12/h1-5,8,15H,7H2. The molecule has 5 heteroatoms. The third kappa shape index (κ3) is 2.21. The Labute approximate surface area is 112 Å². The largest absolute Gasteiger partial charge is 0.380 e. The van der Waals surface area contributed by atoms with E-state index in [0.29, 0.717) is 0 Å². The molecule has 3 aromatic rings. The first-order valence-corrected chi connectivity index (χ1v) is 7.11. The fourth-order valence-corrected chi connectivity index (χ4v) is 3.15. The van der Waals surface area contributed by atoms with Crippen molar-refractivity contribution in [3.05, 3.63) is 45.6 Å². The van der Waals surface area contributed by atoms with Gasteiger partial charge in [-0.2, -0.15) is 5.26 Å². The third-order valence-electron chi connectivity index (χ3n) is 2.57. The SMILES string of the molecule is N#Cc1ccc(CNc2ccc3ncsc3c2)s1. The average molecular weight is 271 g/mol. The van der Waals surface area contributed by atoms with E-state index in [0.717, 1.165) is 27.5 Å². The summed E-state index contributed by atoms with van der Waals surface area (Å²) in [6.07, 6.45) is 0. The monoisotopic (exact) mass is 271 g/mol. The number of hydrogen-bond acceptors (Lipinski definition) is 5. The zero-order valence-corrected chi connectivity index (χ0v) is 11.0. The van der Waals surface area contributed by atoms with Crippen LogP contribution >= 0.6 is 22.7 Å². The number of aromatic nitrogens is 1. The van der Waals surface area contributed by atoms with Crippen LogP contribution in [0.25, 0.3) is 10.2 Å². The summed E-state index contributed by atoms with van der Waals surface area (Å²) < 4.78 is 1.18. The van der Waals surface area contributed by atoms with Gasteiger partial charge in [0.25, 0.3) is 0 Å². The first kappa shape index (κ1) is 11.2. The molecular weight excluding hydrogens is 262 g/mol. The average Bonchev–Trinajstić information content (AvgIpc) is 3.04. The lowest BCUT2D eigenvalue weighted by atomic mass is 10.3. The van der Waals surface area contributed by atoms with Crippen molar-refractivity contribution in [1.29, 1.82) is 5.26 Å². The van der Waals surface area contributed by atoms with Crippen LogP contribution in [0.15, 0.2) is 35.8 Å². The summed E-state index contributed by atoms with van der Waals surface area (Å²) in [6.45, 7) is 0.747. The van der Waals surface area contributed by atoms with Gasteiger partial charge in [0.1, 0.15) is 10.9 Å². The number of rotatable bonds is 3. The number of fused-ring (bicyclic) bond motifs is 1. The second kappa shape index (κ2) is 4.77. The number of anilines is 1. The molecule has 0 amide bonds. The smallest absolute Gasteiger partial charge is 0.110 e. The zero-order valence-electron chi connectivity index (χ0n) is 9.38. The van der Waals surface area contributed by atoms with Crippen LogP contribution in [0.3, 0.4) is 0 Å². The van der Waals surface area contributed by atoms with Gasteiger partial charge in [-0.1, -0.05) is 0 Å². The van der Waals surface area contributed by atoms with Crippen molar-refractivity contribution >= 4 is 38.6 Å². The number of thiazole rings is 1. The quantitative estimate of drug-likeness (QED) is 0.787. The molecule has 2 heterocycles. The first-order chi connectivity index (χ1) is 8.85. The predicted molar refractivity (Wildman–Crippen MR) is 76.0 cm³/mol. The summed E-state index contributed by atoms with van der Waals surface area (Å²) in [5, 5.41) is 12.1. The minimum atomic E-state index is 0.747. The molecule has 88 valence electrons. The van der Waals surface area contributed by atoms with Crippen molar-refractivity contribution in [2.24, 2.45) is 0 Å². The Hall–Kier alpha value is -1.90. The Balaban J connectivity index is 1.74. The number of nitrogens with one attached hydrogen (secondary N) is 1. The minimum absolute atomic E-state index is 0.747. The molecule has 1 aromatic carbocycles. The highest BCUT2D eigenvalue weighted by Gasteiger charge is 2.01. The Morgan fingerprint density at radius 2 is 2.22 bits per heavy atom. The lowest BCUT2D eigenvalue weighted by molar-refractivity contribution is 1.20. The molecule has 1 N–H and O–H groups in total. The predicted octanol–water partition coefficient (Wildman–Crippen LogP) is 3.84. The van der Waals surface area contributed by atoms with Crippen molar-refractivity contribution in [3.63, 3.8) is 0 Å². The molecule has 0 saturated heterocycles. The summed E-state index contributed by atoms with van der Waals surface area (Å²) >= 11 is 3.16. The van der Waals surface area contributed by atoms with E-state index in [1.807, 2.05) is 29.8 Å². The summed E-state index contributed by atoms with van der Waals surface area (Å²) in [7, 11) is 0. The van der Waals surface area contributed by atoms with Gasteiger partial charge in [-0.05, 0) is 30.3 Å². The highest BCUT2D eigenvalue weighted by Crippen LogP contribution is 2.23. The van der Waals surface area contributed by atoms with E-state index in [2.05, 4.69) is 22.4 Å². The Morgan fingerprint density at radius 1 is 1.28 bits per heavy atom. The maximum atomic E-state index is 8.77. The van der Waals surface area contributed by atoms with E-state index >= 15 is 0 Å². The molecule has 0 fully saturated rings. The molecule has 3 nitrogen and oxygen atoms in total. The topological polar surface area (TPSA) is 48.7 Å². The number of thiophene rings is 1. The molecule has 0 spiro atoms. The second-order valence-corrected chi connectivity index (χ2v) is 5.82. The molecule has 0 saturated carbocycles. The van der Waals surface area contributed by atoms with Gasteiger partial charge in [0, 0.05) is 17.1 Å².